The van der Waals surface area contributed by atoms with Gasteiger partial charge in [-0.15, -0.1) is 0 Å². The molecule has 1 amide bonds. The van der Waals surface area contributed by atoms with E-state index in [1.165, 1.54) is 10.9 Å². The molecule has 0 radical (unpaired) electrons. The van der Waals surface area contributed by atoms with Crippen LogP contribution in [0.1, 0.15) is 30.4 Å². The molecule has 0 atom stereocenters. The summed E-state index contributed by atoms with van der Waals surface area (Å²) in [6, 6.07) is 16.7. The number of aromatic nitrogens is 1. The monoisotopic (exact) mass is 435 g/mol. The first kappa shape index (κ1) is 22.4. The van der Waals surface area contributed by atoms with E-state index in [-0.39, 0.29) is 5.91 Å². The molecular weight excluding hydrogens is 402 g/mol. The van der Waals surface area contributed by atoms with E-state index in [0.29, 0.717) is 25.6 Å². The molecule has 0 spiro atoms. The van der Waals surface area contributed by atoms with E-state index in [1.54, 1.807) is 0 Å². The number of hydrogen-bond donors (Lipinski definition) is 2. The summed E-state index contributed by atoms with van der Waals surface area (Å²) in [6.45, 7) is 3.75. The summed E-state index contributed by atoms with van der Waals surface area (Å²) in [5, 5.41) is 4.22. The van der Waals surface area contributed by atoms with Crippen molar-refractivity contribution in [3.8, 4) is 5.75 Å². The molecule has 0 saturated carbocycles. The third kappa shape index (κ3) is 6.11. The summed E-state index contributed by atoms with van der Waals surface area (Å²) in [4.78, 5) is 18.0. The van der Waals surface area contributed by atoms with Crippen LogP contribution in [0.4, 0.5) is 0 Å². The molecule has 170 valence electrons. The van der Waals surface area contributed by atoms with Crippen LogP contribution in [0.25, 0.3) is 10.9 Å². The molecule has 2 N–H and O–H groups in total. The minimum absolute atomic E-state index is 0.0553. The molecular formula is C26H33N3O3. The Morgan fingerprint density at radius 2 is 2.03 bits per heavy atom. The van der Waals surface area contributed by atoms with Crippen LogP contribution < -0.4 is 10.1 Å². The Labute approximate surface area is 189 Å². The number of fused-ring (bicyclic) bond motifs is 1. The summed E-state index contributed by atoms with van der Waals surface area (Å²) in [5.41, 5.74) is 3.33. The number of H-pyrrole nitrogens is 1. The second-order valence-corrected chi connectivity index (χ2v) is 8.46. The maximum absolute atomic E-state index is 12.4. The highest BCUT2D eigenvalue weighted by Crippen LogP contribution is 2.19. The number of aromatic amines is 1. The van der Waals surface area contributed by atoms with E-state index in [0.717, 1.165) is 55.9 Å². The van der Waals surface area contributed by atoms with Crippen LogP contribution in [0, 0.1) is 0 Å². The molecule has 1 aromatic heterocycles. The molecule has 32 heavy (non-hydrogen) atoms. The fourth-order valence-corrected chi connectivity index (χ4v) is 4.24. The van der Waals surface area contributed by atoms with Crippen LogP contribution in [-0.4, -0.2) is 55.2 Å². The van der Waals surface area contributed by atoms with Gasteiger partial charge in [-0.05, 0) is 55.6 Å². The van der Waals surface area contributed by atoms with Crippen LogP contribution in [-0.2, 0) is 22.5 Å². The third-order valence-electron chi connectivity index (χ3n) is 6.21. The number of carbonyl (C=O) groups is 1. The molecule has 1 fully saturated rings. The summed E-state index contributed by atoms with van der Waals surface area (Å²) >= 11 is 0. The molecule has 3 aromatic rings. The number of nitrogens with one attached hydrogen (secondary N) is 2. The highest BCUT2D eigenvalue weighted by molar-refractivity contribution is 5.84. The maximum atomic E-state index is 12.4. The number of amides is 1. The Bertz CT molecular complexity index is 1010. The van der Waals surface area contributed by atoms with Gasteiger partial charge >= 0.3 is 0 Å². The highest BCUT2D eigenvalue weighted by Gasteiger charge is 2.18. The first-order chi connectivity index (χ1) is 15.7. The van der Waals surface area contributed by atoms with Crippen molar-refractivity contribution in [1.82, 2.24) is 15.2 Å². The van der Waals surface area contributed by atoms with E-state index < -0.39 is 0 Å². The number of nitrogens with zero attached hydrogens (tertiary/aromatic N) is 1. The van der Waals surface area contributed by atoms with Crippen molar-refractivity contribution >= 4 is 16.8 Å². The largest absolute Gasteiger partial charge is 0.492 e. The molecule has 1 aliphatic rings. The first-order valence-electron chi connectivity index (χ1n) is 11.5. The molecule has 2 heterocycles. The van der Waals surface area contributed by atoms with Crippen molar-refractivity contribution in [2.45, 2.75) is 38.3 Å². The van der Waals surface area contributed by atoms with E-state index >= 15 is 0 Å². The normalized spacial score (nSPS) is 14.7. The molecule has 1 saturated heterocycles. The second kappa shape index (κ2) is 11.2. The summed E-state index contributed by atoms with van der Waals surface area (Å²) in [7, 11) is 2.15. The second-order valence-electron chi connectivity index (χ2n) is 8.46. The molecule has 0 aliphatic carbocycles. The third-order valence-corrected chi connectivity index (χ3v) is 6.21. The fourth-order valence-electron chi connectivity index (χ4n) is 4.24. The quantitative estimate of drug-likeness (QED) is 0.507. The Kier molecular flexibility index (Phi) is 7.80. The van der Waals surface area contributed by atoms with Gasteiger partial charge in [-0.25, -0.2) is 0 Å². The van der Waals surface area contributed by atoms with Crippen molar-refractivity contribution in [3.05, 3.63) is 65.9 Å². The number of rotatable bonds is 10. The van der Waals surface area contributed by atoms with Gasteiger partial charge in [0.2, 0.25) is 5.91 Å². The number of ether oxygens (including phenoxy) is 2. The van der Waals surface area contributed by atoms with Gasteiger partial charge < -0.3 is 19.8 Å². The summed E-state index contributed by atoms with van der Waals surface area (Å²) < 4.78 is 11.4. The predicted molar refractivity (Wildman–Crippen MR) is 127 cm³/mol. The maximum Gasteiger partial charge on any atom is 0.220 e. The van der Waals surface area contributed by atoms with Gasteiger partial charge in [-0.1, -0.05) is 30.3 Å². The Morgan fingerprint density at radius 3 is 2.91 bits per heavy atom. The van der Waals surface area contributed by atoms with Gasteiger partial charge in [0.1, 0.15) is 12.4 Å². The van der Waals surface area contributed by atoms with E-state index in [1.807, 2.05) is 42.6 Å². The van der Waals surface area contributed by atoms with Crippen molar-refractivity contribution in [3.63, 3.8) is 0 Å². The Hall–Kier alpha value is -2.83. The van der Waals surface area contributed by atoms with Crippen LogP contribution >= 0.6 is 0 Å². The average molecular weight is 436 g/mol. The van der Waals surface area contributed by atoms with Crippen LogP contribution in [0.5, 0.6) is 5.75 Å². The van der Waals surface area contributed by atoms with E-state index in [2.05, 4.69) is 34.4 Å². The van der Waals surface area contributed by atoms with Gasteiger partial charge in [0, 0.05) is 55.9 Å². The lowest BCUT2D eigenvalue weighted by Crippen LogP contribution is -2.38. The van der Waals surface area contributed by atoms with Gasteiger partial charge in [0.25, 0.3) is 0 Å². The smallest absolute Gasteiger partial charge is 0.220 e. The lowest BCUT2D eigenvalue weighted by atomic mass is 10.1. The summed E-state index contributed by atoms with van der Waals surface area (Å²) in [5.74, 6) is 0.899. The van der Waals surface area contributed by atoms with Crippen molar-refractivity contribution < 1.29 is 14.3 Å². The topological polar surface area (TPSA) is 66.6 Å². The zero-order chi connectivity index (χ0) is 22.2. The zero-order valence-electron chi connectivity index (χ0n) is 18.8. The Morgan fingerprint density at radius 1 is 1.19 bits per heavy atom. The minimum atomic E-state index is 0.0553. The molecule has 4 rings (SSSR count). The SMILES string of the molecule is CN(CCOc1cccc(CNC(=O)CCc2c[nH]c3ccccc23)c1)C1CCOCC1. The van der Waals surface area contributed by atoms with Gasteiger partial charge in [0.15, 0.2) is 0 Å². The highest BCUT2D eigenvalue weighted by atomic mass is 16.5. The van der Waals surface area contributed by atoms with Gasteiger partial charge in [-0.3, -0.25) is 9.69 Å². The van der Waals surface area contributed by atoms with Crippen LogP contribution in [0.15, 0.2) is 54.7 Å². The molecule has 1 aliphatic heterocycles. The van der Waals surface area contributed by atoms with Gasteiger partial charge in [0.05, 0.1) is 0 Å². The summed E-state index contributed by atoms with van der Waals surface area (Å²) in [6.07, 6.45) is 5.37. The number of carbonyl (C=O) groups excluding carboxylic acids is 1. The number of hydrogen-bond acceptors (Lipinski definition) is 4. The zero-order valence-corrected chi connectivity index (χ0v) is 18.8. The van der Waals surface area contributed by atoms with Crippen molar-refractivity contribution in [2.75, 3.05) is 33.4 Å². The Balaban J connectivity index is 1.19. The number of aryl methyl sites for hydroxylation is 1. The van der Waals surface area contributed by atoms with Crippen LogP contribution in [0.3, 0.4) is 0 Å². The lowest BCUT2D eigenvalue weighted by molar-refractivity contribution is -0.121. The van der Waals surface area contributed by atoms with Crippen molar-refractivity contribution in [2.24, 2.45) is 0 Å². The molecule has 6 nitrogen and oxygen atoms in total. The van der Waals surface area contributed by atoms with Crippen molar-refractivity contribution in [1.29, 1.82) is 0 Å². The number of benzene rings is 2. The molecule has 2 aromatic carbocycles. The minimum Gasteiger partial charge on any atom is -0.492 e. The average Bonchev–Trinajstić information content (AvgIpc) is 3.25. The number of para-hydroxylation sites is 1. The van der Waals surface area contributed by atoms with Gasteiger partial charge in [-0.2, -0.15) is 0 Å². The standard InChI is InChI=1S/C26H33N3O3/c1-29(22-11-14-31-15-12-22)13-16-32-23-6-4-5-20(17-23)18-28-26(30)10-9-21-19-27-25-8-3-2-7-24(21)25/h2-8,17,19,22,27H,9-16,18H2,1H3,(H,28,30). The predicted octanol–water partition coefficient (Wildman–Crippen LogP) is 3.91. The number of likely N-dealkylation sites (N-methyl/N-ethyl adjacent to an activating group) is 1. The lowest BCUT2D eigenvalue weighted by Gasteiger charge is -2.31. The molecule has 6 heteroatoms. The van der Waals surface area contributed by atoms with E-state index in [9.17, 15) is 4.79 Å². The van der Waals surface area contributed by atoms with E-state index in [4.69, 9.17) is 9.47 Å². The van der Waals surface area contributed by atoms with Crippen LogP contribution in [0.2, 0.25) is 0 Å². The molecule has 0 unspecified atom stereocenters. The fraction of sp³-hybridized carbons (Fsp3) is 0.423. The molecule has 0 bridgehead atoms. The first-order valence-corrected chi connectivity index (χ1v) is 11.5.